The minimum Gasteiger partial charge on any atom is -0.388 e. The number of aryl methyl sites for hydroxylation is 1. The maximum Gasteiger partial charge on any atom is 0.226 e. The number of carbonyl (C=O) groups excluding carboxylic acids is 1. The Hall–Kier alpha value is -1.39. The first kappa shape index (κ1) is 16.0. The van der Waals surface area contributed by atoms with Gasteiger partial charge in [0.05, 0.1) is 6.10 Å². The quantitative estimate of drug-likeness (QED) is 0.846. The van der Waals surface area contributed by atoms with Crippen LogP contribution in [0.5, 0.6) is 0 Å². The summed E-state index contributed by atoms with van der Waals surface area (Å²) < 4.78 is 0. The third kappa shape index (κ3) is 3.83. The van der Waals surface area contributed by atoms with Gasteiger partial charge in [0.15, 0.2) is 0 Å². The molecular formula is C17H26N2O2. The van der Waals surface area contributed by atoms with Crippen LogP contribution in [0.4, 0.5) is 5.69 Å². The number of anilines is 1. The fraction of sp³-hybridized carbons (Fsp3) is 0.588. The molecule has 116 valence electrons. The Kier molecular flexibility index (Phi) is 5.76. The third-order valence-electron chi connectivity index (χ3n) is 4.05. The smallest absolute Gasteiger partial charge is 0.226 e. The van der Waals surface area contributed by atoms with Crippen molar-refractivity contribution in [3.8, 4) is 0 Å². The average Bonchev–Trinajstić information content (AvgIpc) is 2.51. The van der Waals surface area contributed by atoms with Crippen LogP contribution >= 0.6 is 0 Å². The molecule has 2 rings (SSSR count). The van der Waals surface area contributed by atoms with E-state index in [0.717, 1.165) is 43.5 Å². The molecule has 1 aliphatic heterocycles. The molecule has 0 bridgehead atoms. The summed E-state index contributed by atoms with van der Waals surface area (Å²) in [5, 5.41) is 10.2. The molecule has 0 saturated carbocycles. The van der Waals surface area contributed by atoms with E-state index in [4.69, 9.17) is 5.73 Å². The van der Waals surface area contributed by atoms with E-state index in [2.05, 4.69) is 6.07 Å². The molecule has 1 aliphatic rings. The minimum atomic E-state index is -0.458. The highest BCUT2D eigenvalue weighted by Crippen LogP contribution is 2.31. The monoisotopic (exact) mass is 290 g/mol. The first-order valence-corrected chi connectivity index (χ1v) is 7.98. The molecule has 0 spiro atoms. The summed E-state index contributed by atoms with van der Waals surface area (Å²) in [6, 6.07) is 5.99. The topological polar surface area (TPSA) is 66.6 Å². The highest BCUT2D eigenvalue weighted by Gasteiger charge is 2.22. The Morgan fingerprint density at radius 1 is 1.48 bits per heavy atom. The van der Waals surface area contributed by atoms with Crippen LogP contribution in [0.15, 0.2) is 18.2 Å². The second-order valence-electron chi connectivity index (χ2n) is 5.73. The maximum absolute atomic E-state index is 12.2. The summed E-state index contributed by atoms with van der Waals surface area (Å²) in [4.78, 5) is 14.1. The molecule has 1 heterocycles. The first-order chi connectivity index (χ1) is 10.2. The Bertz CT molecular complexity index is 488. The molecule has 4 nitrogen and oxygen atoms in total. The van der Waals surface area contributed by atoms with Crippen molar-refractivity contribution >= 4 is 11.6 Å². The van der Waals surface area contributed by atoms with Crippen molar-refractivity contribution in [1.82, 2.24) is 0 Å². The predicted molar refractivity (Wildman–Crippen MR) is 85.3 cm³/mol. The Morgan fingerprint density at radius 2 is 2.29 bits per heavy atom. The third-order valence-corrected chi connectivity index (χ3v) is 4.05. The lowest BCUT2D eigenvalue weighted by Gasteiger charge is -2.30. The van der Waals surface area contributed by atoms with E-state index >= 15 is 0 Å². The van der Waals surface area contributed by atoms with Gasteiger partial charge in [0.1, 0.15) is 0 Å². The lowest BCUT2D eigenvalue weighted by atomic mass is 9.95. The molecule has 4 heteroatoms. The van der Waals surface area contributed by atoms with Crippen molar-refractivity contribution in [3.63, 3.8) is 0 Å². The van der Waals surface area contributed by atoms with Gasteiger partial charge in [0.25, 0.3) is 0 Å². The molecule has 0 radical (unpaired) electrons. The van der Waals surface area contributed by atoms with Crippen LogP contribution in [0.1, 0.15) is 56.3 Å². The van der Waals surface area contributed by atoms with E-state index in [1.54, 1.807) is 0 Å². The Morgan fingerprint density at radius 3 is 3.00 bits per heavy atom. The van der Waals surface area contributed by atoms with Gasteiger partial charge in [-0.2, -0.15) is 0 Å². The van der Waals surface area contributed by atoms with Gasteiger partial charge in [-0.3, -0.25) is 4.79 Å². The lowest BCUT2D eigenvalue weighted by molar-refractivity contribution is -0.118. The van der Waals surface area contributed by atoms with E-state index in [-0.39, 0.29) is 5.91 Å². The maximum atomic E-state index is 12.2. The van der Waals surface area contributed by atoms with Crippen molar-refractivity contribution in [2.24, 2.45) is 5.73 Å². The highest BCUT2D eigenvalue weighted by atomic mass is 16.3. The molecule has 21 heavy (non-hydrogen) atoms. The molecule has 1 aromatic carbocycles. The Balaban J connectivity index is 2.18. The van der Waals surface area contributed by atoms with Crippen LogP contribution in [0.3, 0.4) is 0 Å². The molecule has 1 amide bonds. The van der Waals surface area contributed by atoms with Crippen molar-refractivity contribution in [3.05, 3.63) is 29.3 Å². The summed E-state index contributed by atoms with van der Waals surface area (Å²) in [6.45, 7) is 3.43. The van der Waals surface area contributed by atoms with Gasteiger partial charge in [-0.1, -0.05) is 19.1 Å². The number of amides is 1. The van der Waals surface area contributed by atoms with Crippen molar-refractivity contribution < 1.29 is 9.90 Å². The zero-order valence-corrected chi connectivity index (χ0v) is 12.8. The predicted octanol–water partition coefficient (Wildman–Crippen LogP) is 2.54. The summed E-state index contributed by atoms with van der Waals surface area (Å²) in [7, 11) is 0. The number of hydrogen-bond donors (Lipinski definition) is 2. The largest absolute Gasteiger partial charge is 0.388 e. The SMILES string of the molecule is CCCC(=O)N1CCCc2cc(C(O)CCCN)ccc21. The Labute approximate surface area is 126 Å². The van der Waals surface area contributed by atoms with Crippen molar-refractivity contribution in [2.45, 2.75) is 51.6 Å². The minimum absolute atomic E-state index is 0.204. The van der Waals surface area contributed by atoms with Crippen molar-refractivity contribution in [2.75, 3.05) is 18.0 Å². The van der Waals surface area contributed by atoms with Crippen LogP contribution in [-0.4, -0.2) is 24.1 Å². The molecule has 0 fully saturated rings. The number of nitrogens with two attached hydrogens (primary N) is 1. The zero-order chi connectivity index (χ0) is 15.2. The molecule has 1 atom stereocenters. The van der Waals surface area contributed by atoms with Gasteiger partial charge in [0, 0.05) is 18.7 Å². The van der Waals surface area contributed by atoms with Gasteiger partial charge < -0.3 is 15.7 Å². The fourth-order valence-electron chi connectivity index (χ4n) is 2.91. The number of nitrogens with zero attached hydrogens (tertiary/aromatic N) is 1. The second kappa shape index (κ2) is 7.57. The average molecular weight is 290 g/mol. The number of aliphatic hydroxyl groups is 1. The van der Waals surface area contributed by atoms with Crippen LogP contribution < -0.4 is 10.6 Å². The fourth-order valence-corrected chi connectivity index (χ4v) is 2.91. The first-order valence-electron chi connectivity index (χ1n) is 7.98. The molecule has 0 aliphatic carbocycles. The van der Waals surface area contributed by atoms with Gasteiger partial charge in [-0.25, -0.2) is 0 Å². The van der Waals surface area contributed by atoms with Crippen LogP contribution in [0.25, 0.3) is 0 Å². The molecule has 3 N–H and O–H groups in total. The van der Waals surface area contributed by atoms with Crippen LogP contribution in [0, 0.1) is 0 Å². The number of fused-ring (bicyclic) bond motifs is 1. The van der Waals surface area contributed by atoms with Gasteiger partial charge in [-0.15, -0.1) is 0 Å². The van der Waals surface area contributed by atoms with E-state index in [9.17, 15) is 9.90 Å². The summed E-state index contributed by atoms with van der Waals surface area (Å²) in [5.74, 6) is 0.204. The van der Waals surface area contributed by atoms with Gasteiger partial charge >= 0.3 is 0 Å². The summed E-state index contributed by atoms with van der Waals surface area (Å²) in [5.41, 5.74) is 8.63. The highest BCUT2D eigenvalue weighted by molar-refractivity contribution is 5.94. The van der Waals surface area contributed by atoms with E-state index < -0.39 is 6.10 Å². The van der Waals surface area contributed by atoms with E-state index in [1.807, 2.05) is 24.0 Å². The second-order valence-corrected chi connectivity index (χ2v) is 5.73. The number of rotatable bonds is 6. The number of benzene rings is 1. The van der Waals surface area contributed by atoms with E-state index in [0.29, 0.717) is 19.4 Å². The van der Waals surface area contributed by atoms with Gasteiger partial charge in [-0.05, 0) is 55.8 Å². The summed E-state index contributed by atoms with van der Waals surface area (Å²) in [6.07, 6.45) is 4.49. The molecule has 0 saturated heterocycles. The van der Waals surface area contributed by atoms with Crippen LogP contribution in [0.2, 0.25) is 0 Å². The summed E-state index contributed by atoms with van der Waals surface area (Å²) >= 11 is 0. The van der Waals surface area contributed by atoms with Gasteiger partial charge in [0.2, 0.25) is 5.91 Å². The standard InChI is InChI=1S/C17H26N2O2/c1-2-5-17(21)19-11-4-6-13-12-14(8-9-15(13)19)16(20)7-3-10-18/h8-9,12,16,20H,2-7,10-11,18H2,1H3. The lowest BCUT2D eigenvalue weighted by Crippen LogP contribution is -2.35. The van der Waals surface area contributed by atoms with Crippen molar-refractivity contribution in [1.29, 1.82) is 0 Å². The van der Waals surface area contributed by atoms with E-state index in [1.165, 1.54) is 5.56 Å². The number of carbonyl (C=O) groups is 1. The van der Waals surface area contributed by atoms with Crippen LogP contribution in [-0.2, 0) is 11.2 Å². The molecule has 0 aromatic heterocycles. The molecular weight excluding hydrogens is 264 g/mol. The zero-order valence-electron chi connectivity index (χ0n) is 12.8. The number of aliphatic hydroxyl groups excluding tert-OH is 1. The normalized spacial score (nSPS) is 15.7. The number of hydrogen-bond acceptors (Lipinski definition) is 3. The molecule has 1 unspecified atom stereocenters. The molecule has 1 aromatic rings.